The average Bonchev–Trinajstić information content (AvgIpc) is 3.06. The molecule has 4 nitrogen and oxygen atoms in total. The highest BCUT2D eigenvalue weighted by Crippen LogP contribution is 2.45. The molecule has 154 valence electrons. The Hall–Kier alpha value is -2.33. The van der Waals surface area contributed by atoms with E-state index in [1.54, 1.807) is 0 Å². The third kappa shape index (κ3) is 4.32. The van der Waals surface area contributed by atoms with Crippen molar-refractivity contribution in [1.29, 1.82) is 0 Å². The topological polar surface area (TPSA) is 47.6 Å². The highest BCUT2D eigenvalue weighted by atomic mass is 16.5. The molecule has 2 aromatic carbocycles. The second kappa shape index (κ2) is 9.45. The van der Waals surface area contributed by atoms with Crippen molar-refractivity contribution >= 4 is 5.78 Å². The lowest BCUT2D eigenvalue weighted by Gasteiger charge is -2.23. The predicted octanol–water partition coefficient (Wildman–Crippen LogP) is 5.38. The summed E-state index contributed by atoms with van der Waals surface area (Å²) in [7, 11) is 0. The molecule has 0 saturated carbocycles. The SMILES string of the molecule is CCCCOc1cccc2c1-c1cccc(OCCCC3CCCCN3)c1C2=O. The first-order valence-corrected chi connectivity index (χ1v) is 11.1. The molecular formula is C25H31NO3. The van der Waals surface area contributed by atoms with E-state index in [2.05, 4.69) is 12.2 Å². The zero-order valence-electron chi connectivity index (χ0n) is 17.3. The lowest BCUT2D eigenvalue weighted by molar-refractivity contribution is 0.103. The quantitative estimate of drug-likeness (QED) is 0.496. The molecule has 1 fully saturated rings. The molecule has 2 aromatic rings. The number of unbranched alkanes of at least 4 members (excludes halogenated alkanes) is 1. The third-order valence-corrected chi connectivity index (χ3v) is 5.92. The van der Waals surface area contributed by atoms with Crippen LogP contribution in [0.15, 0.2) is 36.4 Å². The molecule has 1 aliphatic heterocycles. The number of carbonyl (C=O) groups is 1. The van der Waals surface area contributed by atoms with Crippen LogP contribution in [-0.2, 0) is 0 Å². The first kappa shape index (κ1) is 20.0. The second-order valence-corrected chi connectivity index (χ2v) is 8.03. The van der Waals surface area contributed by atoms with Crippen LogP contribution in [0.2, 0.25) is 0 Å². The van der Waals surface area contributed by atoms with Gasteiger partial charge in [-0.25, -0.2) is 0 Å². The fraction of sp³-hybridized carbons (Fsp3) is 0.480. The number of benzene rings is 2. The lowest BCUT2D eigenvalue weighted by atomic mass is 10.0. The number of ether oxygens (including phenoxy) is 2. The van der Waals surface area contributed by atoms with Crippen LogP contribution in [0, 0.1) is 0 Å². The zero-order chi connectivity index (χ0) is 20.1. The standard InChI is InChI=1S/C25H31NO3/c1-2-3-16-28-21-13-7-12-20-23(21)19-11-6-14-22(24(19)25(20)27)29-17-8-10-18-9-4-5-15-26-18/h6-7,11-14,18,26H,2-5,8-10,15-17H2,1H3. The molecule has 1 unspecified atom stereocenters. The average molecular weight is 394 g/mol. The van der Waals surface area contributed by atoms with Crippen LogP contribution in [-0.4, -0.2) is 31.6 Å². The molecule has 4 heteroatoms. The van der Waals surface area contributed by atoms with Gasteiger partial charge in [0.05, 0.1) is 18.8 Å². The summed E-state index contributed by atoms with van der Waals surface area (Å²) in [6.07, 6.45) is 8.07. The molecule has 0 aromatic heterocycles. The van der Waals surface area contributed by atoms with Gasteiger partial charge in [-0.2, -0.15) is 0 Å². The highest BCUT2D eigenvalue weighted by Gasteiger charge is 2.32. The molecular weight excluding hydrogens is 362 g/mol. The van der Waals surface area contributed by atoms with E-state index in [0.717, 1.165) is 54.7 Å². The van der Waals surface area contributed by atoms with E-state index >= 15 is 0 Å². The number of piperidine rings is 1. The normalized spacial score (nSPS) is 17.7. The van der Waals surface area contributed by atoms with Crippen LogP contribution in [0.3, 0.4) is 0 Å². The van der Waals surface area contributed by atoms with Crippen LogP contribution in [0.4, 0.5) is 0 Å². The van der Waals surface area contributed by atoms with Gasteiger partial charge < -0.3 is 14.8 Å². The van der Waals surface area contributed by atoms with Crippen molar-refractivity contribution in [2.45, 2.75) is 57.9 Å². The van der Waals surface area contributed by atoms with Crippen LogP contribution in [0.25, 0.3) is 11.1 Å². The smallest absolute Gasteiger partial charge is 0.198 e. The van der Waals surface area contributed by atoms with E-state index in [1.165, 1.54) is 19.3 Å². The van der Waals surface area contributed by atoms with Gasteiger partial charge in [-0.1, -0.05) is 44.0 Å². The van der Waals surface area contributed by atoms with Crippen molar-refractivity contribution in [3.05, 3.63) is 47.5 Å². The van der Waals surface area contributed by atoms with Gasteiger partial charge in [-0.05, 0) is 50.8 Å². The van der Waals surface area contributed by atoms with E-state index in [9.17, 15) is 4.79 Å². The molecule has 1 atom stereocenters. The van der Waals surface area contributed by atoms with Crippen molar-refractivity contribution in [1.82, 2.24) is 5.32 Å². The van der Waals surface area contributed by atoms with Gasteiger partial charge in [0.1, 0.15) is 11.5 Å². The van der Waals surface area contributed by atoms with Crippen molar-refractivity contribution < 1.29 is 14.3 Å². The maximum atomic E-state index is 13.1. The molecule has 1 N–H and O–H groups in total. The molecule has 2 aliphatic rings. The molecule has 29 heavy (non-hydrogen) atoms. The summed E-state index contributed by atoms with van der Waals surface area (Å²) < 4.78 is 12.1. The first-order chi connectivity index (χ1) is 14.3. The van der Waals surface area contributed by atoms with Crippen molar-refractivity contribution in [3.8, 4) is 22.6 Å². The Morgan fingerprint density at radius 3 is 2.38 bits per heavy atom. The van der Waals surface area contributed by atoms with Crippen LogP contribution < -0.4 is 14.8 Å². The molecule has 1 aliphatic carbocycles. The van der Waals surface area contributed by atoms with Crippen molar-refractivity contribution in [2.24, 2.45) is 0 Å². The maximum Gasteiger partial charge on any atom is 0.198 e. The number of hydrogen-bond donors (Lipinski definition) is 1. The van der Waals surface area contributed by atoms with Crippen molar-refractivity contribution in [3.63, 3.8) is 0 Å². The molecule has 4 rings (SSSR count). The molecule has 0 bridgehead atoms. The number of nitrogens with one attached hydrogen (secondary N) is 1. The minimum Gasteiger partial charge on any atom is -0.493 e. The molecule has 0 radical (unpaired) electrons. The number of rotatable bonds is 9. The number of fused-ring (bicyclic) bond motifs is 3. The number of ketones is 1. The summed E-state index contributed by atoms with van der Waals surface area (Å²) in [5.74, 6) is 1.53. The number of hydrogen-bond acceptors (Lipinski definition) is 4. The summed E-state index contributed by atoms with van der Waals surface area (Å²) >= 11 is 0. The van der Waals surface area contributed by atoms with Crippen LogP contribution in [0.5, 0.6) is 11.5 Å². The van der Waals surface area contributed by atoms with Crippen molar-refractivity contribution in [2.75, 3.05) is 19.8 Å². The third-order valence-electron chi connectivity index (χ3n) is 5.92. The van der Waals surface area contributed by atoms with E-state index < -0.39 is 0 Å². The monoisotopic (exact) mass is 393 g/mol. The molecule has 0 amide bonds. The first-order valence-electron chi connectivity index (χ1n) is 11.1. The molecule has 0 spiro atoms. The highest BCUT2D eigenvalue weighted by molar-refractivity contribution is 6.24. The summed E-state index contributed by atoms with van der Waals surface area (Å²) in [6, 6.07) is 12.3. The second-order valence-electron chi connectivity index (χ2n) is 8.03. The Bertz CT molecular complexity index is 855. The van der Waals surface area contributed by atoms with E-state index in [-0.39, 0.29) is 5.78 Å². The van der Waals surface area contributed by atoms with E-state index in [1.807, 2.05) is 36.4 Å². The molecule has 1 saturated heterocycles. The van der Waals surface area contributed by atoms with Gasteiger partial charge in [-0.15, -0.1) is 0 Å². The van der Waals surface area contributed by atoms with Gasteiger partial charge in [0.15, 0.2) is 5.78 Å². The Morgan fingerprint density at radius 1 is 0.931 bits per heavy atom. The Balaban J connectivity index is 1.47. The van der Waals surface area contributed by atoms with Gasteiger partial charge in [-0.3, -0.25) is 4.79 Å². The Kier molecular flexibility index (Phi) is 6.50. The fourth-order valence-electron chi connectivity index (χ4n) is 4.36. The summed E-state index contributed by atoms with van der Waals surface area (Å²) in [4.78, 5) is 13.1. The zero-order valence-corrected chi connectivity index (χ0v) is 17.3. The van der Waals surface area contributed by atoms with Gasteiger partial charge in [0, 0.05) is 22.7 Å². The van der Waals surface area contributed by atoms with E-state index in [0.29, 0.717) is 30.6 Å². The van der Waals surface area contributed by atoms with E-state index in [4.69, 9.17) is 9.47 Å². The summed E-state index contributed by atoms with van der Waals surface area (Å²) in [5, 5.41) is 3.58. The number of carbonyl (C=O) groups excluding carboxylic acids is 1. The van der Waals surface area contributed by atoms with Gasteiger partial charge >= 0.3 is 0 Å². The van der Waals surface area contributed by atoms with Crippen LogP contribution in [0.1, 0.15) is 67.8 Å². The van der Waals surface area contributed by atoms with Gasteiger partial charge in [0.25, 0.3) is 0 Å². The van der Waals surface area contributed by atoms with Crippen LogP contribution >= 0.6 is 0 Å². The minimum atomic E-state index is 0.0421. The summed E-state index contributed by atoms with van der Waals surface area (Å²) in [6.45, 7) is 4.58. The Labute approximate surface area is 173 Å². The largest absolute Gasteiger partial charge is 0.493 e. The maximum absolute atomic E-state index is 13.1. The summed E-state index contributed by atoms with van der Waals surface area (Å²) in [5.41, 5.74) is 3.25. The van der Waals surface area contributed by atoms with Gasteiger partial charge in [0.2, 0.25) is 0 Å². The molecule has 1 heterocycles. The predicted molar refractivity (Wildman–Crippen MR) is 116 cm³/mol. The Morgan fingerprint density at radius 2 is 1.66 bits per heavy atom. The fourth-order valence-corrected chi connectivity index (χ4v) is 4.36. The lowest BCUT2D eigenvalue weighted by Crippen LogP contribution is -2.34. The minimum absolute atomic E-state index is 0.0421.